The van der Waals surface area contributed by atoms with E-state index in [0.717, 1.165) is 17.8 Å². The van der Waals surface area contributed by atoms with E-state index in [4.69, 9.17) is 5.10 Å². The predicted molar refractivity (Wildman–Crippen MR) is 143 cm³/mol. The van der Waals surface area contributed by atoms with E-state index in [1.54, 1.807) is 0 Å². The Morgan fingerprint density at radius 1 is 0.697 bits per heavy atom. The predicted octanol–water partition coefficient (Wildman–Crippen LogP) is 8.30. The van der Waals surface area contributed by atoms with Gasteiger partial charge in [0.15, 0.2) is 0 Å². The van der Waals surface area contributed by atoms with Crippen molar-refractivity contribution in [3.8, 4) is 0 Å². The van der Waals surface area contributed by atoms with Gasteiger partial charge in [0.05, 0.1) is 17.4 Å². The monoisotopic (exact) mass is 436 g/mol. The van der Waals surface area contributed by atoms with Gasteiger partial charge in [-0.3, -0.25) is 5.01 Å². The molecule has 0 radical (unpaired) electrons. The second-order valence-corrected chi connectivity index (χ2v) is 11.1. The molecule has 170 valence electrons. The molecule has 1 atom stereocenters. The van der Waals surface area contributed by atoms with Crippen LogP contribution in [-0.2, 0) is 10.8 Å². The minimum absolute atomic E-state index is 0.153. The number of allylic oxidation sites excluding steroid dienone is 1. The van der Waals surface area contributed by atoms with E-state index in [9.17, 15) is 0 Å². The molecule has 4 rings (SSSR count). The molecule has 33 heavy (non-hydrogen) atoms. The van der Waals surface area contributed by atoms with Crippen LogP contribution in [0.2, 0.25) is 0 Å². The zero-order valence-electron chi connectivity index (χ0n) is 20.8. The summed E-state index contributed by atoms with van der Waals surface area (Å²) in [5.41, 5.74) is 7.76. The van der Waals surface area contributed by atoms with Crippen LogP contribution in [0.3, 0.4) is 0 Å². The van der Waals surface area contributed by atoms with E-state index >= 15 is 0 Å². The van der Waals surface area contributed by atoms with E-state index in [-0.39, 0.29) is 16.9 Å². The molecule has 0 aliphatic carbocycles. The van der Waals surface area contributed by atoms with Gasteiger partial charge in [0.2, 0.25) is 0 Å². The topological polar surface area (TPSA) is 15.6 Å². The third-order valence-corrected chi connectivity index (χ3v) is 6.36. The summed E-state index contributed by atoms with van der Waals surface area (Å²) in [6.07, 6.45) is 5.24. The average Bonchev–Trinajstić information content (AvgIpc) is 3.22. The quantitative estimate of drug-likeness (QED) is 0.401. The molecule has 2 heteroatoms. The van der Waals surface area contributed by atoms with Crippen molar-refractivity contribution in [3.63, 3.8) is 0 Å². The van der Waals surface area contributed by atoms with E-state index < -0.39 is 0 Å². The van der Waals surface area contributed by atoms with Gasteiger partial charge >= 0.3 is 0 Å². The third kappa shape index (κ3) is 5.45. The lowest BCUT2D eigenvalue weighted by Crippen LogP contribution is -2.19. The van der Waals surface area contributed by atoms with Crippen LogP contribution in [0.4, 0.5) is 5.69 Å². The van der Waals surface area contributed by atoms with E-state index in [2.05, 4.69) is 138 Å². The SMILES string of the molecule is CC(C)(C)c1ccc(/C=C/C2=NN(c3ccccc3)C(c3ccc(C(C)(C)C)cc3)C2)cc1. The second-order valence-electron chi connectivity index (χ2n) is 11.1. The molecule has 2 nitrogen and oxygen atoms in total. The molecule has 0 saturated heterocycles. The minimum atomic E-state index is 0.153. The third-order valence-electron chi connectivity index (χ3n) is 6.36. The second kappa shape index (κ2) is 9.02. The van der Waals surface area contributed by atoms with Gasteiger partial charge in [-0.25, -0.2) is 0 Å². The number of benzene rings is 3. The first-order chi connectivity index (χ1) is 15.6. The Balaban J connectivity index is 1.59. The van der Waals surface area contributed by atoms with Gasteiger partial charge in [-0.1, -0.05) is 114 Å². The van der Waals surface area contributed by atoms with Crippen LogP contribution in [-0.4, -0.2) is 5.71 Å². The normalized spacial score (nSPS) is 17.0. The zero-order valence-corrected chi connectivity index (χ0v) is 20.8. The Kier molecular flexibility index (Phi) is 6.30. The van der Waals surface area contributed by atoms with Crippen molar-refractivity contribution in [2.75, 3.05) is 5.01 Å². The lowest BCUT2D eigenvalue weighted by atomic mass is 9.86. The highest BCUT2D eigenvalue weighted by atomic mass is 15.5. The maximum atomic E-state index is 5.02. The fraction of sp³-hybridized carbons (Fsp3) is 0.323. The number of para-hydroxylation sites is 1. The summed E-state index contributed by atoms with van der Waals surface area (Å²) < 4.78 is 0. The van der Waals surface area contributed by atoms with Crippen LogP contribution in [0.5, 0.6) is 0 Å². The number of hydrazone groups is 1. The molecule has 1 unspecified atom stereocenters. The first-order valence-electron chi connectivity index (χ1n) is 11.9. The molecule has 1 aliphatic rings. The molecule has 0 N–H and O–H groups in total. The van der Waals surface area contributed by atoms with Crippen molar-refractivity contribution in [2.24, 2.45) is 5.10 Å². The summed E-state index contributed by atoms with van der Waals surface area (Å²) in [5.74, 6) is 0. The Morgan fingerprint density at radius 2 is 1.24 bits per heavy atom. The molecule has 1 aliphatic heterocycles. The molecule has 0 bridgehead atoms. The highest BCUT2D eigenvalue weighted by Gasteiger charge is 2.28. The average molecular weight is 437 g/mol. The highest BCUT2D eigenvalue weighted by molar-refractivity contribution is 6.01. The van der Waals surface area contributed by atoms with Crippen LogP contribution in [0.1, 0.15) is 76.3 Å². The largest absolute Gasteiger partial charge is 0.257 e. The molecule has 0 aromatic heterocycles. The number of anilines is 1. The standard InChI is InChI=1S/C31H36N2/c1-30(2,3)25-17-12-23(13-18-25)14-21-27-22-29(33(32-27)28-10-8-7-9-11-28)24-15-19-26(20-16-24)31(4,5)6/h7-21,29H,22H2,1-6H3/b21-14+. The van der Waals surface area contributed by atoms with Crippen LogP contribution in [0, 0.1) is 0 Å². The fourth-order valence-corrected chi connectivity index (χ4v) is 4.20. The van der Waals surface area contributed by atoms with Crippen LogP contribution in [0.25, 0.3) is 6.08 Å². The molecule has 0 saturated carbocycles. The van der Waals surface area contributed by atoms with E-state index in [0.29, 0.717) is 0 Å². The molecular weight excluding hydrogens is 400 g/mol. The van der Waals surface area contributed by atoms with Crippen molar-refractivity contribution in [1.82, 2.24) is 0 Å². The summed E-state index contributed by atoms with van der Waals surface area (Å²) in [4.78, 5) is 0. The molecule has 1 heterocycles. The van der Waals surface area contributed by atoms with Gasteiger partial charge in [-0.15, -0.1) is 0 Å². The summed E-state index contributed by atoms with van der Waals surface area (Å²) in [5, 5.41) is 7.20. The lowest BCUT2D eigenvalue weighted by Gasteiger charge is -2.25. The van der Waals surface area contributed by atoms with Crippen LogP contribution in [0.15, 0.2) is 90.0 Å². The van der Waals surface area contributed by atoms with Gasteiger partial charge in [-0.2, -0.15) is 5.10 Å². The Labute approximate surface area is 199 Å². The number of hydrogen-bond acceptors (Lipinski definition) is 2. The van der Waals surface area contributed by atoms with Gasteiger partial charge < -0.3 is 0 Å². The maximum Gasteiger partial charge on any atom is 0.0831 e. The lowest BCUT2D eigenvalue weighted by molar-refractivity contribution is 0.589. The van der Waals surface area contributed by atoms with Crippen molar-refractivity contribution < 1.29 is 0 Å². The summed E-state index contributed by atoms with van der Waals surface area (Å²) in [6, 6.07) is 28.6. The smallest absolute Gasteiger partial charge is 0.0831 e. The van der Waals surface area contributed by atoms with Gasteiger partial charge in [0, 0.05) is 6.42 Å². The molecular formula is C31H36N2. The summed E-state index contributed by atoms with van der Waals surface area (Å²) in [7, 11) is 0. The molecule has 3 aromatic carbocycles. The summed E-state index contributed by atoms with van der Waals surface area (Å²) >= 11 is 0. The van der Waals surface area contributed by atoms with Gasteiger partial charge in [0.25, 0.3) is 0 Å². The first-order valence-corrected chi connectivity index (χ1v) is 11.9. The molecule has 0 fully saturated rings. The Bertz CT molecular complexity index is 1120. The van der Waals surface area contributed by atoms with E-state index in [1.807, 2.05) is 0 Å². The van der Waals surface area contributed by atoms with Crippen molar-refractivity contribution in [2.45, 2.75) is 64.8 Å². The van der Waals surface area contributed by atoms with Crippen molar-refractivity contribution in [1.29, 1.82) is 0 Å². The zero-order chi connectivity index (χ0) is 23.6. The van der Waals surface area contributed by atoms with E-state index in [1.165, 1.54) is 22.3 Å². The van der Waals surface area contributed by atoms with Gasteiger partial charge in [0.1, 0.15) is 0 Å². The molecule has 0 amide bonds. The van der Waals surface area contributed by atoms with Gasteiger partial charge in [-0.05, 0) is 51.3 Å². The number of nitrogens with zero attached hydrogens (tertiary/aromatic N) is 2. The highest BCUT2D eigenvalue weighted by Crippen LogP contribution is 2.36. The maximum absolute atomic E-state index is 5.02. The van der Waals surface area contributed by atoms with Crippen molar-refractivity contribution in [3.05, 3.63) is 107 Å². The van der Waals surface area contributed by atoms with Crippen LogP contribution >= 0.6 is 0 Å². The Hall–Kier alpha value is -3.13. The van der Waals surface area contributed by atoms with Crippen molar-refractivity contribution >= 4 is 17.5 Å². The van der Waals surface area contributed by atoms with Crippen LogP contribution < -0.4 is 5.01 Å². The first kappa shape index (κ1) is 23.0. The minimum Gasteiger partial charge on any atom is -0.257 e. The molecule has 3 aromatic rings. The number of hydrogen-bond donors (Lipinski definition) is 0. The number of rotatable bonds is 4. The molecule has 0 spiro atoms. The summed E-state index contributed by atoms with van der Waals surface area (Å²) in [6.45, 7) is 13.5. The fourth-order valence-electron chi connectivity index (χ4n) is 4.20. The Morgan fingerprint density at radius 3 is 1.79 bits per heavy atom.